The van der Waals surface area contributed by atoms with Gasteiger partial charge in [0.25, 0.3) is 0 Å². The highest BCUT2D eigenvalue weighted by Crippen LogP contribution is 2.35. The maximum Gasteiger partial charge on any atom is 0.303 e. The zero-order valence-corrected chi connectivity index (χ0v) is 21.7. The number of carbonyl (C=O) groups is 1. The Hall–Kier alpha value is -2.75. The summed E-state index contributed by atoms with van der Waals surface area (Å²) in [5.41, 5.74) is 7.59. The minimum absolute atomic E-state index is 0.00301. The van der Waals surface area contributed by atoms with Crippen molar-refractivity contribution in [3.05, 3.63) is 65.9 Å². The third-order valence-corrected chi connectivity index (χ3v) is 8.15. The monoisotopic (exact) mass is 529 g/mol. The first kappa shape index (κ1) is 27.3. The van der Waals surface area contributed by atoms with E-state index in [1.807, 2.05) is 6.07 Å². The number of carboxylic acid groups (broad SMARTS) is 1. The Labute approximate surface area is 220 Å². The quantitative estimate of drug-likeness (QED) is 0.317. The van der Waals surface area contributed by atoms with E-state index in [1.165, 1.54) is 18.3 Å². The number of thioether (sulfide) groups is 1. The second kappa shape index (κ2) is 12.7. The van der Waals surface area contributed by atoms with Crippen molar-refractivity contribution in [2.75, 3.05) is 32.5 Å². The largest absolute Gasteiger partial charge is 0.497 e. The predicted octanol–water partition coefficient (Wildman–Crippen LogP) is 5.51. The molecule has 1 aliphatic heterocycles. The van der Waals surface area contributed by atoms with Gasteiger partial charge in [0.1, 0.15) is 17.4 Å². The Bertz CT molecular complexity index is 1230. The molecule has 1 fully saturated rings. The molecule has 0 bridgehead atoms. The Morgan fingerprint density at radius 2 is 2.11 bits per heavy atom. The Morgan fingerprint density at radius 1 is 1.27 bits per heavy atom. The van der Waals surface area contributed by atoms with E-state index in [2.05, 4.69) is 9.88 Å². The topological polar surface area (TPSA) is 88.7 Å². The molecule has 0 saturated carbocycles. The number of nitrogens with two attached hydrogens (primary N) is 1. The fourth-order valence-electron chi connectivity index (χ4n) is 5.25. The molecule has 198 valence electrons. The zero-order chi connectivity index (χ0) is 26.4. The maximum atomic E-state index is 14.8. The summed E-state index contributed by atoms with van der Waals surface area (Å²) in [6.45, 7) is 2.36. The summed E-state index contributed by atoms with van der Waals surface area (Å²) in [7, 11) is 1.56. The van der Waals surface area contributed by atoms with Crippen molar-refractivity contribution in [2.24, 2.45) is 17.6 Å². The van der Waals surface area contributed by atoms with Gasteiger partial charge in [-0.05, 0) is 74.0 Å². The molecule has 3 atom stereocenters. The van der Waals surface area contributed by atoms with Crippen LogP contribution in [-0.2, 0) is 4.79 Å². The van der Waals surface area contributed by atoms with Crippen LogP contribution in [0.15, 0.2) is 53.6 Å². The molecule has 1 aliphatic rings. The number of hydrogen-bond acceptors (Lipinski definition) is 6. The van der Waals surface area contributed by atoms with Crippen molar-refractivity contribution in [1.82, 2.24) is 9.88 Å². The third-order valence-electron chi connectivity index (χ3n) is 7.17. The molecule has 0 spiro atoms. The van der Waals surface area contributed by atoms with E-state index in [9.17, 15) is 18.7 Å². The van der Waals surface area contributed by atoms with E-state index in [1.54, 1.807) is 43.1 Å². The molecule has 9 heteroatoms. The van der Waals surface area contributed by atoms with E-state index >= 15 is 0 Å². The number of hydrogen-bond donors (Lipinski definition) is 2. The van der Waals surface area contributed by atoms with Crippen LogP contribution in [0.1, 0.15) is 37.3 Å². The highest BCUT2D eigenvalue weighted by molar-refractivity contribution is 7.99. The van der Waals surface area contributed by atoms with E-state index in [0.717, 1.165) is 36.6 Å². The van der Waals surface area contributed by atoms with Gasteiger partial charge in [-0.2, -0.15) is 0 Å². The summed E-state index contributed by atoms with van der Waals surface area (Å²) in [6.07, 6.45) is 3.43. The summed E-state index contributed by atoms with van der Waals surface area (Å²) in [6, 6.07) is 11.3. The number of piperidine rings is 1. The van der Waals surface area contributed by atoms with Crippen LogP contribution in [0.4, 0.5) is 8.78 Å². The zero-order valence-electron chi connectivity index (χ0n) is 20.9. The Kier molecular flexibility index (Phi) is 9.34. The summed E-state index contributed by atoms with van der Waals surface area (Å²) >= 11 is 1.60. The molecule has 3 aromatic rings. The third kappa shape index (κ3) is 7.18. The smallest absolute Gasteiger partial charge is 0.303 e. The van der Waals surface area contributed by atoms with Crippen LogP contribution in [0.3, 0.4) is 0 Å². The van der Waals surface area contributed by atoms with Crippen LogP contribution in [0.5, 0.6) is 5.75 Å². The fourth-order valence-corrected chi connectivity index (χ4v) is 6.21. The number of aliphatic carboxylic acids is 1. The Morgan fingerprint density at radius 3 is 2.86 bits per heavy atom. The van der Waals surface area contributed by atoms with Crippen molar-refractivity contribution in [3.63, 3.8) is 0 Å². The van der Waals surface area contributed by atoms with Gasteiger partial charge < -0.3 is 20.5 Å². The number of aromatic nitrogens is 1. The molecule has 0 amide bonds. The van der Waals surface area contributed by atoms with Crippen molar-refractivity contribution in [1.29, 1.82) is 0 Å². The predicted molar refractivity (Wildman–Crippen MR) is 142 cm³/mol. The molecule has 0 radical (unpaired) electrons. The van der Waals surface area contributed by atoms with Crippen LogP contribution >= 0.6 is 11.8 Å². The lowest BCUT2D eigenvalue weighted by Crippen LogP contribution is -2.42. The molecule has 2 aromatic carbocycles. The average molecular weight is 530 g/mol. The number of likely N-dealkylation sites (tertiary alicyclic amines) is 1. The van der Waals surface area contributed by atoms with E-state index in [0.29, 0.717) is 35.2 Å². The molecule has 1 aromatic heterocycles. The number of pyridine rings is 1. The van der Waals surface area contributed by atoms with Crippen LogP contribution < -0.4 is 10.5 Å². The minimum Gasteiger partial charge on any atom is -0.497 e. The molecular formula is C28H33F2N3O3S. The van der Waals surface area contributed by atoms with Crippen LogP contribution in [0.2, 0.25) is 0 Å². The Balaban J connectivity index is 1.37. The standard InChI is InChI=1S/C28H33F2N3O3S/c1-36-21-6-8-26-23(15-21)28(24(30)16-32-26)25(31)7-5-18-9-10-33(17-19(18)13-27(34)35)11-12-37-22-4-2-3-20(29)14-22/h2-4,6,8,14-16,18-19,25H,5,7,9-13,17,31H2,1H3,(H,34,35). The number of nitrogens with zero attached hydrogens (tertiary/aromatic N) is 2. The first-order chi connectivity index (χ1) is 17.8. The number of fused-ring (bicyclic) bond motifs is 1. The number of rotatable bonds is 11. The van der Waals surface area contributed by atoms with Crippen molar-refractivity contribution >= 4 is 28.6 Å². The van der Waals surface area contributed by atoms with E-state index in [4.69, 9.17) is 10.5 Å². The first-order valence-corrected chi connectivity index (χ1v) is 13.5. The average Bonchev–Trinajstić information content (AvgIpc) is 2.87. The number of methoxy groups -OCH3 is 1. The maximum absolute atomic E-state index is 14.8. The van der Waals surface area contributed by atoms with Gasteiger partial charge in [0, 0.05) is 47.2 Å². The molecule has 0 aliphatic carbocycles. The van der Waals surface area contributed by atoms with Crippen molar-refractivity contribution < 1.29 is 23.4 Å². The summed E-state index contributed by atoms with van der Waals surface area (Å²) in [5.74, 6) is 0.102. The van der Waals surface area contributed by atoms with E-state index in [-0.39, 0.29) is 24.1 Å². The molecule has 6 nitrogen and oxygen atoms in total. The SMILES string of the molecule is COc1ccc2ncc(F)c(C(N)CCC3CCN(CCSc4cccc(F)c4)CC3CC(=O)O)c2c1. The number of carboxylic acids is 1. The molecule has 3 N–H and O–H groups in total. The van der Waals surface area contributed by atoms with Gasteiger partial charge in [-0.1, -0.05) is 6.07 Å². The number of benzene rings is 2. The first-order valence-electron chi connectivity index (χ1n) is 12.5. The molecule has 1 saturated heterocycles. The lowest BCUT2D eigenvalue weighted by Gasteiger charge is -2.38. The van der Waals surface area contributed by atoms with Gasteiger partial charge in [-0.3, -0.25) is 9.78 Å². The van der Waals surface area contributed by atoms with Gasteiger partial charge in [-0.25, -0.2) is 8.78 Å². The van der Waals surface area contributed by atoms with Crippen LogP contribution in [0.25, 0.3) is 10.9 Å². The molecule has 4 rings (SSSR count). The van der Waals surface area contributed by atoms with Gasteiger partial charge >= 0.3 is 5.97 Å². The normalized spacial score (nSPS) is 19.1. The van der Waals surface area contributed by atoms with Gasteiger partial charge in [-0.15, -0.1) is 11.8 Å². The lowest BCUT2D eigenvalue weighted by molar-refractivity contribution is -0.139. The minimum atomic E-state index is -0.812. The fraction of sp³-hybridized carbons (Fsp3) is 0.429. The lowest BCUT2D eigenvalue weighted by atomic mass is 9.79. The summed E-state index contributed by atoms with van der Waals surface area (Å²) in [4.78, 5) is 19.0. The van der Waals surface area contributed by atoms with Gasteiger partial charge in [0.2, 0.25) is 0 Å². The van der Waals surface area contributed by atoms with E-state index < -0.39 is 17.8 Å². The van der Waals surface area contributed by atoms with Gasteiger partial charge in [0.15, 0.2) is 0 Å². The summed E-state index contributed by atoms with van der Waals surface area (Å²) < 4.78 is 33.6. The van der Waals surface area contributed by atoms with Gasteiger partial charge in [0.05, 0.1) is 18.8 Å². The van der Waals surface area contributed by atoms with Crippen molar-refractivity contribution in [2.45, 2.75) is 36.6 Å². The summed E-state index contributed by atoms with van der Waals surface area (Å²) in [5, 5.41) is 10.2. The molecule has 37 heavy (non-hydrogen) atoms. The second-order valence-corrected chi connectivity index (χ2v) is 10.8. The highest BCUT2D eigenvalue weighted by atomic mass is 32.2. The molecular weight excluding hydrogens is 496 g/mol. The molecule has 2 heterocycles. The van der Waals surface area contributed by atoms with Crippen molar-refractivity contribution in [3.8, 4) is 5.75 Å². The highest BCUT2D eigenvalue weighted by Gasteiger charge is 2.31. The van der Waals surface area contributed by atoms with Crippen LogP contribution in [-0.4, -0.2) is 53.5 Å². The van der Waals surface area contributed by atoms with Crippen LogP contribution in [0, 0.1) is 23.5 Å². The number of ether oxygens (including phenoxy) is 1. The number of halogens is 2. The molecule has 3 unspecified atom stereocenters. The second-order valence-electron chi connectivity index (χ2n) is 9.60.